The highest BCUT2D eigenvalue weighted by atomic mass is 16.4. The van der Waals surface area contributed by atoms with Crippen LogP contribution in [0.15, 0.2) is 11.8 Å². The van der Waals surface area contributed by atoms with Gasteiger partial charge >= 0.3 is 6.09 Å². The van der Waals surface area contributed by atoms with Crippen molar-refractivity contribution in [3.63, 3.8) is 0 Å². The van der Waals surface area contributed by atoms with Crippen molar-refractivity contribution in [3.05, 3.63) is 11.8 Å². The third-order valence-electron chi connectivity index (χ3n) is 4.72. The first-order valence-electron chi connectivity index (χ1n) is 7.01. The van der Waals surface area contributed by atoms with Crippen LogP contribution in [-0.4, -0.2) is 52.3 Å². The number of carbonyl (C=O) groups is 3. The lowest BCUT2D eigenvalue weighted by Crippen LogP contribution is -2.43. The van der Waals surface area contributed by atoms with Crippen LogP contribution in [-0.2, 0) is 9.59 Å². The summed E-state index contributed by atoms with van der Waals surface area (Å²) in [5.74, 6) is 0.171. The molecule has 20 heavy (non-hydrogen) atoms. The fourth-order valence-corrected chi connectivity index (χ4v) is 3.46. The summed E-state index contributed by atoms with van der Waals surface area (Å²) < 4.78 is 0. The van der Waals surface area contributed by atoms with Crippen molar-refractivity contribution >= 4 is 17.8 Å². The molecule has 0 aromatic rings. The Balaban J connectivity index is 1.69. The largest absolute Gasteiger partial charge is 0.465 e. The van der Waals surface area contributed by atoms with Gasteiger partial charge in [-0.25, -0.2) is 4.79 Å². The van der Waals surface area contributed by atoms with E-state index >= 15 is 0 Å². The molecular weight excluding hydrogens is 260 g/mol. The Bertz CT molecular complexity index is 503. The Morgan fingerprint density at radius 2 is 1.90 bits per heavy atom. The van der Waals surface area contributed by atoms with Gasteiger partial charge < -0.3 is 14.9 Å². The molecule has 1 spiro atoms. The number of hydrogen-bond donors (Lipinski definition) is 1. The molecule has 1 N–H and O–H groups in total. The van der Waals surface area contributed by atoms with Crippen LogP contribution in [0, 0.1) is 5.41 Å². The Morgan fingerprint density at radius 1 is 1.20 bits per heavy atom. The molecule has 0 radical (unpaired) electrons. The first-order valence-corrected chi connectivity index (χ1v) is 7.01. The lowest BCUT2D eigenvalue weighted by atomic mass is 9.78. The normalized spacial score (nSPS) is 25.5. The second-order valence-electron chi connectivity index (χ2n) is 6.03. The van der Waals surface area contributed by atoms with E-state index in [1.807, 2.05) is 0 Å². The third-order valence-corrected chi connectivity index (χ3v) is 4.72. The zero-order valence-electron chi connectivity index (χ0n) is 11.3. The third kappa shape index (κ3) is 2.19. The fourth-order valence-electron chi connectivity index (χ4n) is 3.46. The van der Waals surface area contributed by atoms with Crippen LogP contribution in [0.4, 0.5) is 4.79 Å². The van der Waals surface area contributed by atoms with Crippen LogP contribution in [0.1, 0.15) is 32.1 Å². The van der Waals surface area contributed by atoms with Gasteiger partial charge in [0.15, 0.2) is 5.78 Å². The predicted octanol–water partition coefficient (Wildman–Crippen LogP) is 1.23. The fraction of sp³-hybridized carbons (Fsp3) is 0.643. The summed E-state index contributed by atoms with van der Waals surface area (Å²) in [6.07, 6.45) is 3.78. The molecule has 2 amide bonds. The van der Waals surface area contributed by atoms with E-state index in [-0.39, 0.29) is 17.1 Å². The van der Waals surface area contributed by atoms with Crippen LogP contribution in [0.2, 0.25) is 0 Å². The van der Waals surface area contributed by atoms with Gasteiger partial charge in [-0.3, -0.25) is 9.59 Å². The smallest absolute Gasteiger partial charge is 0.407 e. The van der Waals surface area contributed by atoms with E-state index in [1.54, 1.807) is 11.0 Å². The molecule has 0 unspecified atom stereocenters. The van der Waals surface area contributed by atoms with Crippen molar-refractivity contribution in [1.29, 1.82) is 0 Å². The molecule has 0 atom stereocenters. The van der Waals surface area contributed by atoms with Crippen molar-refractivity contribution < 1.29 is 19.5 Å². The monoisotopic (exact) mass is 278 g/mol. The number of hydrogen-bond acceptors (Lipinski definition) is 3. The second-order valence-corrected chi connectivity index (χ2v) is 6.03. The van der Waals surface area contributed by atoms with Gasteiger partial charge in [-0.1, -0.05) is 0 Å². The summed E-state index contributed by atoms with van der Waals surface area (Å²) in [6, 6.07) is 0. The molecule has 6 heteroatoms. The van der Waals surface area contributed by atoms with Crippen molar-refractivity contribution in [1.82, 2.24) is 9.80 Å². The minimum Gasteiger partial charge on any atom is -0.465 e. The Kier molecular flexibility index (Phi) is 3.03. The van der Waals surface area contributed by atoms with E-state index in [4.69, 9.17) is 5.11 Å². The van der Waals surface area contributed by atoms with Crippen LogP contribution >= 0.6 is 0 Å². The molecule has 2 heterocycles. The van der Waals surface area contributed by atoms with Gasteiger partial charge in [-0.15, -0.1) is 0 Å². The number of nitrogens with zero attached hydrogens (tertiary/aromatic N) is 2. The van der Waals surface area contributed by atoms with Gasteiger partial charge in [0.25, 0.3) is 0 Å². The molecular formula is C14H18N2O4. The van der Waals surface area contributed by atoms with Crippen LogP contribution in [0.25, 0.3) is 0 Å². The molecule has 6 nitrogen and oxygen atoms in total. The number of ketones is 1. The van der Waals surface area contributed by atoms with E-state index in [0.717, 1.165) is 18.5 Å². The van der Waals surface area contributed by atoms with E-state index in [2.05, 4.69) is 0 Å². The predicted molar refractivity (Wildman–Crippen MR) is 69.9 cm³/mol. The van der Waals surface area contributed by atoms with Crippen LogP contribution in [0.5, 0.6) is 0 Å². The summed E-state index contributed by atoms with van der Waals surface area (Å²) in [5.41, 5.74) is 0.743. The van der Waals surface area contributed by atoms with Gasteiger partial charge in [0.2, 0.25) is 5.91 Å². The maximum absolute atomic E-state index is 12.2. The number of carbonyl (C=O) groups excluding carboxylic acids is 2. The van der Waals surface area contributed by atoms with Crippen LogP contribution in [0.3, 0.4) is 0 Å². The molecule has 1 aliphatic carbocycles. The van der Waals surface area contributed by atoms with E-state index in [0.29, 0.717) is 38.9 Å². The summed E-state index contributed by atoms with van der Waals surface area (Å²) in [6.45, 7) is 1.63. The lowest BCUT2D eigenvalue weighted by molar-refractivity contribution is -0.126. The number of carboxylic acid groups (broad SMARTS) is 1. The average molecular weight is 278 g/mol. The van der Waals surface area contributed by atoms with E-state index in [1.165, 1.54) is 4.90 Å². The molecule has 3 aliphatic rings. The number of allylic oxidation sites excluding steroid dienone is 2. The van der Waals surface area contributed by atoms with Crippen molar-refractivity contribution in [3.8, 4) is 0 Å². The zero-order chi connectivity index (χ0) is 14.3. The Hall–Kier alpha value is -1.85. The Labute approximate surface area is 117 Å². The van der Waals surface area contributed by atoms with Crippen molar-refractivity contribution in [2.24, 2.45) is 5.41 Å². The molecule has 0 saturated carbocycles. The summed E-state index contributed by atoms with van der Waals surface area (Å²) in [4.78, 5) is 37.6. The first kappa shape index (κ1) is 13.1. The number of likely N-dealkylation sites (tertiary alicyclic amines) is 2. The van der Waals surface area contributed by atoms with E-state index < -0.39 is 6.09 Å². The minimum atomic E-state index is -0.884. The highest BCUT2D eigenvalue weighted by Crippen LogP contribution is 2.43. The topological polar surface area (TPSA) is 77.9 Å². The minimum absolute atomic E-state index is 0.0784. The van der Waals surface area contributed by atoms with Gasteiger partial charge in [-0.2, -0.15) is 0 Å². The highest BCUT2D eigenvalue weighted by Gasteiger charge is 2.46. The quantitative estimate of drug-likeness (QED) is 0.782. The molecule has 0 aromatic carbocycles. The van der Waals surface area contributed by atoms with Gasteiger partial charge in [-0.05, 0) is 19.3 Å². The number of rotatable bonds is 1. The van der Waals surface area contributed by atoms with Gasteiger partial charge in [0.05, 0.1) is 0 Å². The molecule has 2 fully saturated rings. The maximum atomic E-state index is 12.2. The van der Waals surface area contributed by atoms with Crippen LogP contribution < -0.4 is 0 Å². The average Bonchev–Trinajstić information content (AvgIpc) is 2.95. The molecule has 108 valence electrons. The number of piperidine rings is 1. The summed E-state index contributed by atoms with van der Waals surface area (Å²) in [5, 5.41) is 8.98. The number of amides is 2. The summed E-state index contributed by atoms with van der Waals surface area (Å²) >= 11 is 0. The van der Waals surface area contributed by atoms with Gasteiger partial charge in [0.1, 0.15) is 0 Å². The molecule has 2 aliphatic heterocycles. The van der Waals surface area contributed by atoms with E-state index in [9.17, 15) is 14.4 Å². The van der Waals surface area contributed by atoms with Crippen molar-refractivity contribution in [2.75, 3.05) is 19.6 Å². The molecule has 0 aromatic heterocycles. The Morgan fingerprint density at radius 3 is 2.45 bits per heavy atom. The second kappa shape index (κ2) is 4.61. The van der Waals surface area contributed by atoms with Crippen molar-refractivity contribution in [2.45, 2.75) is 32.1 Å². The lowest BCUT2D eigenvalue weighted by Gasteiger charge is -2.37. The summed E-state index contributed by atoms with van der Waals surface area (Å²) in [7, 11) is 0. The molecule has 3 rings (SSSR count). The van der Waals surface area contributed by atoms with Gasteiger partial charge in [0, 0.05) is 49.7 Å². The first-order chi connectivity index (χ1) is 9.49. The molecule has 0 bridgehead atoms. The maximum Gasteiger partial charge on any atom is 0.407 e. The molecule has 2 saturated heterocycles. The highest BCUT2D eigenvalue weighted by molar-refractivity contribution is 5.94. The standard InChI is InChI=1S/C14H18N2O4/c17-11-2-1-10(7-11)16-9-14(8-12(16)18)3-5-15(6-4-14)13(19)20/h7H,1-6,8-9H2,(H,19,20). The zero-order valence-corrected chi connectivity index (χ0v) is 11.3. The SMILES string of the molecule is O=C1C=C(N2CC3(CCN(C(=O)O)CC3)CC2=O)CC1.